The molecule has 0 amide bonds. The molecule has 1 saturated carbocycles. The Bertz CT molecular complexity index is 140. The van der Waals surface area contributed by atoms with Gasteiger partial charge in [0.2, 0.25) is 0 Å². The van der Waals surface area contributed by atoms with E-state index in [-0.39, 0.29) is 13.2 Å². The molecule has 9 heavy (non-hydrogen) atoms. The van der Waals surface area contributed by atoms with Crippen LogP contribution in [0.15, 0.2) is 0 Å². The van der Waals surface area contributed by atoms with Crippen LogP contribution in [0.3, 0.4) is 0 Å². The lowest BCUT2D eigenvalue weighted by Crippen LogP contribution is -2.48. The standard InChI is InChI=1S/C6H9FO2/c7-5-1-6(2-5,3-8)9-4-5/h8H,1-4H2. The van der Waals surface area contributed by atoms with Gasteiger partial charge in [-0.25, -0.2) is 4.39 Å². The lowest BCUT2D eigenvalue weighted by molar-refractivity contribution is -0.0640. The topological polar surface area (TPSA) is 29.5 Å². The van der Waals surface area contributed by atoms with Gasteiger partial charge in [0.05, 0.1) is 18.8 Å². The lowest BCUT2D eigenvalue weighted by atomic mass is 9.73. The zero-order chi connectivity index (χ0) is 6.54. The van der Waals surface area contributed by atoms with Crippen molar-refractivity contribution in [2.75, 3.05) is 13.2 Å². The van der Waals surface area contributed by atoms with E-state index in [1.807, 2.05) is 0 Å². The van der Waals surface area contributed by atoms with Gasteiger partial charge in [-0.05, 0) is 0 Å². The molecule has 3 rings (SSSR count). The first-order chi connectivity index (χ1) is 4.18. The summed E-state index contributed by atoms with van der Waals surface area (Å²) in [7, 11) is 0. The van der Waals surface area contributed by atoms with E-state index in [1.54, 1.807) is 0 Å². The number of rotatable bonds is 1. The van der Waals surface area contributed by atoms with E-state index in [9.17, 15) is 4.39 Å². The van der Waals surface area contributed by atoms with Gasteiger partial charge in [0.15, 0.2) is 0 Å². The lowest BCUT2D eigenvalue weighted by Gasteiger charge is -2.37. The highest BCUT2D eigenvalue weighted by Gasteiger charge is 2.63. The Balaban J connectivity index is 2.12. The van der Waals surface area contributed by atoms with E-state index in [0.717, 1.165) is 0 Å². The molecule has 3 fully saturated rings. The Morgan fingerprint density at radius 2 is 2.22 bits per heavy atom. The summed E-state index contributed by atoms with van der Waals surface area (Å²) in [5, 5.41) is 8.69. The normalized spacial score (nSPS) is 55.3. The Labute approximate surface area is 52.6 Å². The quantitative estimate of drug-likeness (QED) is 0.554. The average Bonchev–Trinajstić information content (AvgIpc) is 2.20. The van der Waals surface area contributed by atoms with Crippen LogP contribution in [0.4, 0.5) is 4.39 Å². The van der Waals surface area contributed by atoms with Crippen molar-refractivity contribution in [3.05, 3.63) is 0 Å². The number of fused-ring (bicyclic) bond motifs is 1. The highest BCUT2D eigenvalue weighted by molar-refractivity contribution is 5.12. The second kappa shape index (κ2) is 1.30. The molecule has 2 aliphatic heterocycles. The van der Waals surface area contributed by atoms with Crippen molar-refractivity contribution in [1.29, 1.82) is 0 Å². The summed E-state index contributed by atoms with van der Waals surface area (Å²) in [5.41, 5.74) is -1.56. The molecule has 52 valence electrons. The van der Waals surface area contributed by atoms with Crippen LogP contribution in [0.5, 0.6) is 0 Å². The van der Waals surface area contributed by atoms with Crippen molar-refractivity contribution in [1.82, 2.24) is 0 Å². The van der Waals surface area contributed by atoms with Crippen LogP contribution in [0.1, 0.15) is 12.8 Å². The summed E-state index contributed by atoms with van der Waals surface area (Å²) in [6.45, 7) is 0.159. The maximum Gasteiger partial charge on any atom is 0.139 e. The molecule has 0 aromatic rings. The van der Waals surface area contributed by atoms with Crippen LogP contribution in [0.25, 0.3) is 0 Å². The minimum absolute atomic E-state index is 0.0291. The van der Waals surface area contributed by atoms with Crippen molar-refractivity contribution in [3.63, 3.8) is 0 Å². The Hall–Kier alpha value is -0.150. The minimum Gasteiger partial charge on any atom is -0.393 e. The van der Waals surface area contributed by atoms with Crippen LogP contribution in [-0.4, -0.2) is 29.6 Å². The number of hydrogen-bond donors (Lipinski definition) is 1. The van der Waals surface area contributed by atoms with Crippen LogP contribution < -0.4 is 0 Å². The molecule has 0 aromatic carbocycles. The summed E-state index contributed by atoms with van der Waals surface area (Å²) >= 11 is 0. The van der Waals surface area contributed by atoms with E-state index >= 15 is 0 Å². The number of hydrogen-bond acceptors (Lipinski definition) is 2. The Morgan fingerprint density at radius 3 is 2.44 bits per heavy atom. The third-order valence-electron chi connectivity index (χ3n) is 2.20. The van der Waals surface area contributed by atoms with Gasteiger partial charge in [-0.3, -0.25) is 0 Å². The summed E-state index contributed by atoms with van der Waals surface area (Å²) < 4.78 is 17.9. The summed E-state index contributed by atoms with van der Waals surface area (Å²) in [5.74, 6) is 0. The molecule has 0 aromatic heterocycles. The molecule has 2 saturated heterocycles. The van der Waals surface area contributed by atoms with E-state index in [4.69, 9.17) is 9.84 Å². The third-order valence-corrected chi connectivity index (χ3v) is 2.20. The molecule has 0 spiro atoms. The zero-order valence-electron chi connectivity index (χ0n) is 5.06. The van der Waals surface area contributed by atoms with Gasteiger partial charge < -0.3 is 9.84 Å². The third kappa shape index (κ3) is 0.563. The first-order valence-electron chi connectivity index (χ1n) is 3.12. The number of ether oxygens (including phenoxy) is 1. The van der Waals surface area contributed by atoms with Crippen LogP contribution >= 0.6 is 0 Å². The molecule has 2 nitrogen and oxygen atoms in total. The maximum absolute atomic E-state index is 12.9. The molecule has 0 radical (unpaired) electrons. The number of aliphatic hydroxyl groups excluding tert-OH is 1. The second-order valence-electron chi connectivity index (χ2n) is 3.13. The Morgan fingerprint density at radius 1 is 1.56 bits per heavy atom. The summed E-state index contributed by atoms with van der Waals surface area (Å²) in [4.78, 5) is 0. The van der Waals surface area contributed by atoms with Crippen LogP contribution in [0.2, 0.25) is 0 Å². The second-order valence-corrected chi connectivity index (χ2v) is 3.13. The number of halogens is 1. The van der Waals surface area contributed by atoms with Crippen LogP contribution in [-0.2, 0) is 4.74 Å². The Kier molecular flexibility index (Phi) is 0.810. The van der Waals surface area contributed by atoms with Gasteiger partial charge in [-0.15, -0.1) is 0 Å². The molecule has 0 atom stereocenters. The van der Waals surface area contributed by atoms with Gasteiger partial charge in [0.1, 0.15) is 5.67 Å². The monoisotopic (exact) mass is 132 g/mol. The SMILES string of the molecule is OCC12CC(F)(CO1)C2. The van der Waals surface area contributed by atoms with E-state index in [1.165, 1.54) is 0 Å². The van der Waals surface area contributed by atoms with Gasteiger partial charge >= 0.3 is 0 Å². The molecular formula is C6H9FO2. The van der Waals surface area contributed by atoms with Gasteiger partial charge in [-0.2, -0.15) is 0 Å². The molecule has 2 heterocycles. The van der Waals surface area contributed by atoms with Gasteiger partial charge in [0.25, 0.3) is 0 Å². The molecule has 0 unspecified atom stereocenters. The van der Waals surface area contributed by atoms with Crippen molar-refractivity contribution >= 4 is 0 Å². The molecule has 1 N–H and O–H groups in total. The average molecular weight is 132 g/mol. The van der Waals surface area contributed by atoms with Crippen molar-refractivity contribution < 1.29 is 14.2 Å². The van der Waals surface area contributed by atoms with Crippen molar-refractivity contribution in [2.45, 2.75) is 24.1 Å². The molecule has 2 bridgehead atoms. The molecule has 3 aliphatic rings. The van der Waals surface area contributed by atoms with Gasteiger partial charge in [0, 0.05) is 12.8 Å². The first kappa shape index (κ1) is 5.62. The fourth-order valence-electron chi connectivity index (χ4n) is 1.75. The van der Waals surface area contributed by atoms with E-state index in [0.29, 0.717) is 12.8 Å². The number of alkyl halides is 1. The first-order valence-corrected chi connectivity index (χ1v) is 3.12. The predicted octanol–water partition coefficient (Wildman–Crippen LogP) is 0.250. The molecule has 3 heteroatoms. The highest BCUT2D eigenvalue weighted by Crippen LogP contribution is 2.53. The fraction of sp³-hybridized carbons (Fsp3) is 1.00. The van der Waals surface area contributed by atoms with Crippen molar-refractivity contribution in [2.24, 2.45) is 0 Å². The smallest absolute Gasteiger partial charge is 0.139 e. The summed E-state index contributed by atoms with van der Waals surface area (Å²) in [6, 6.07) is 0. The summed E-state index contributed by atoms with van der Waals surface area (Å²) in [6.07, 6.45) is 0.799. The maximum atomic E-state index is 12.9. The molecule has 1 aliphatic carbocycles. The van der Waals surface area contributed by atoms with Crippen molar-refractivity contribution in [3.8, 4) is 0 Å². The molecular weight excluding hydrogens is 123 g/mol. The zero-order valence-corrected chi connectivity index (χ0v) is 5.06. The highest BCUT2D eigenvalue weighted by atomic mass is 19.1. The van der Waals surface area contributed by atoms with Gasteiger partial charge in [-0.1, -0.05) is 0 Å². The largest absolute Gasteiger partial charge is 0.393 e. The minimum atomic E-state index is -1.08. The predicted molar refractivity (Wildman–Crippen MR) is 28.8 cm³/mol. The van der Waals surface area contributed by atoms with Crippen LogP contribution in [0, 0.1) is 0 Å². The van der Waals surface area contributed by atoms with E-state index in [2.05, 4.69) is 0 Å². The number of aliphatic hydroxyl groups is 1. The van der Waals surface area contributed by atoms with E-state index < -0.39 is 11.3 Å². The fourth-order valence-corrected chi connectivity index (χ4v) is 1.75.